The second-order valence-corrected chi connectivity index (χ2v) is 7.54. The van der Waals surface area contributed by atoms with Gasteiger partial charge in [0, 0.05) is 18.6 Å². The van der Waals surface area contributed by atoms with Crippen molar-refractivity contribution >= 4 is 27.6 Å². The van der Waals surface area contributed by atoms with Crippen LogP contribution < -0.4 is 19.9 Å². The molecule has 156 valence electrons. The Morgan fingerprint density at radius 2 is 1.59 bits per heavy atom. The van der Waals surface area contributed by atoms with Crippen LogP contribution in [0, 0.1) is 0 Å². The molecule has 0 aliphatic rings. The molecule has 0 saturated heterocycles. The summed E-state index contributed by atoms with van der Waals surface area (Å²) in [6, 6.07) is 8.83. The normalized spacial score (nSPS) is 10.9. The van der Waals surface area contributed by atoms with E-state index < -0.39 is 16.0 Å². The van der Waals surface area contributed by atoms with E-state index in [4.69, 9.17) is 19.3 Å². The van der Waals surface area contributed by atoms with Crippen LogP contribution in [0.5, 0.6) is 11.5 Å². The third kappa shape index (κ3) is 5.69. The molecular formula is C19H22N2O7S. The van der Waals surface area contributed by atoms with Crippen LogP contribution in [-0.4, -0.2) is 41.6 Å². The number of amides is 1. The van der Waals surface area contributed by atoms with Gasteiger partial charge in [-0.05, 0) is 24.1 Å². The molecule has 0 radical (unpaired) electrons. The number of benzene rings is 2. The number of nitrogens with two attached hydrogens (primary N) is 1. The average molecular weight is 422 g/mol. The quantitative estimate of drug-likeness (QED) is 0.619. The third-order valence-electron chi connectivity index (χ3n) is 4.10. The highest BCUT2D eigenvalue weighted by Crippen LogP contribution is 2.33. The molecular weight excluding hydrogens is 400 g/mol. The predicted molar refractivity (Wildman–Crippen MR) is 106 cm³/mol. The zero-order valence-electron chi connectivity index (χ0n) is 16.2. The van der Waals surface area contributed by atoms with Gasteiger partial charge in [0.2, 0.25) is 15.9 Å². The lowest BCUT2D eigenvalue weighted by Gasteiger charge is -2.14. The number of rotatable bonds is 8. The standard InChI is InChI=1S/C19H22N2O7S/c1-26-16-10-14(19(23)28-3)15(11-17(16)27-2)21-18(22)9-6-12-4-7-13(8-5-12)29(20,24)25/h4-5,7-8,10-11H,6,9H2,1-3H3,(H,21,22)(H2,20,24,25). The van der Waals surface area contributed by atoms with Crippen LogP contribution in [0.1, 0.15) is 22.3 Å². The first kappa shape index (κ1) is 22.2. The molecule has 0 fully saturated rings. The fourth-order valence-electron chi connectivity index (χ4n) is 2.58. The lowest BCUT2D eigenvalue weighted by molar-refractivity contribution is -0.116. The molecule has 0 heterocycles. The maximum atomic E-state index is 12.4. The SMILES string of the molecule is COC(=O)c1cc(OC)c(OC)cc1NC(=O)CCc1ccc(S(N)(=O)=O)cc1. The molecule has 2 aromatic rings. The van der Waals surface area contributed by atoms with Crippen molar-refractivity contribution in [2.45, 2.75) is 17.7 Å². The Morgan fingerprint density at radius 1 is 1.00 bits per heavy atom. The fourth-order valence-corrected chi connectivity index (χ4v) is 3.09. The molecule has 10 heteroatoms. The van der Waals surface area contributed by atoms with Gasteiger partial charge in [-0.3, -0.25) is 4.79 Å². The number of methoxy groups -OCH3 is 3. The molecule has 1 amide bonds. The van der Waals surface area contributed by atoms with E-state index in [0.29, 0.717) is 17.9 Å². The van der Waals surface area contributed by atoms with E-state index in [0.717, 1.165) is 5.56 Å². The number of esters is 1. The number of nitrogens with one attached hydrogen (secondary N) is 1. The fraction of sp³-hybridized carbons (Fsp3) is 0.263. The molecule has 0 unspecified atom stereocenters. The zero-order chi connectivity index (χ0) is 21.6. The topological polar surface area (TPSA) is 134 Å². The highest BCUT2D eigenvalue weighted by Gasteiger charge is 2.19. The van der Waals surface area contributed by atoms with Crippen molar-refractivity contribution in [2.24, 2.45) is 5.14 Å². The Kier molecular flexibility index (Phi) is 7.18. The van der Waals surface area contributed by atoms with Gasteiger partial charge >= 0.3 is 5.97 Å². The number of carbonyl (C=O) groups is 2. The third-order valence-corrected chi connectivity index (χ3v) is 5.02. The van der Waals surface area contributed by atoms with Crippen molar-refractivity contribution in [1.82, 2.24) is 0 Å². The minimum absolute atomic E-state index is 0.00116. The summed E-state index contributed by atoms with van der Waals surface area (Å²) in [4.78, 5) is 24.4. The molecule has 9 nitrogen and oxygen atoms in total. The molecule has 0 spiro atoms. The van der Waals surface area contributed by atoms with Gasteiger partial charge in [-0.1, -0.05) is 12.1 Å². The maximum Gasteiger partial charge on any atom is 0.340 e. The molecule has 0 aromatic heterocycles. The monoisotopic (exact) mass is 422 g/mol. The van der Waals surface area contributed by atoms with Gasteiger partial charge in [0.25, 0.3) is 0 Å². The van der Waals surface area contributed by atoms with Crippen LogP contribution in [0.4, 0.5) is 5.69 Å². The molecule has 0 atom stereocenters. The van der Waals surface area contributed by atoms with Gasteiger partial charge in [-0.2, -0.15) is 0 Å². The number of carbonyl (C=O) groups excluding carboxylic acids is 2. The lowest BCUT2D eigenvalue weighted by Crippen LogP contribution is -2.16. The molecule has 2 rings (SSSR count). The van der Waals surface area contributed by atoms with E-state index in [1.807, 2.05) is 0 Å². The van der Waals surface area contributed by atoms with Gasteiger partial charge in [0.05, 0.1) is 37.5 Å². The van der Waals surface area contributed by atoms with E-state index in [9.17, 15) is 18.0 Å². The summed E-state index contributed by atoms with van der Waals surface area (Å²) in [5.41, 5.74) is 1.10. The first-order valence-electron chi connectivity index (χ1n) is 8.45. The highest BCUT2D eigenvalue weighted by molar-refractivity contribution is 7.89. The summed E-state index contributed by atoms with van der Waals surface area (Å²) in [6.45, 7) is 0. The lowest BCUT2D eigenvalue weighted by atomic mass is 10.1. The van der Waals surface area contributed by atoms with E-state index in [-0.39, 0.29) is 28.5 Å². The number of hydrogen-bond donors (Lipinski definition) is 2. The molecule has 0 bridgehead atoms. The van der Waals surface area contributed by atoms with Gasteiger partial charge in [0.15, 0.2) is 11.5 Å². The molecule has 2 aromatic carbocycles. The number of aryl methyl sites for hydroxylation is 1. The number of anilines is 1. The Labute approximate surface area is 168 Å². The summed E-state index contributed by atoms with van der Waals surface area (Å²) in [5.74, 6) is -0.326. The first-order chi connectivity index (χ1) is 13.7. The second kappa shape index (κ2) is 9.39. The number of hydrogen-bond acceptors (Lipinski definition) is 7. The van der Waals surface area contributed by atoms with Crippen LogP contribution in [0.2, 0.25) is 0 Å². The van der Waals surface area contributed by atoms with Gasteiger partial charge in [-0.15, -0.1) is 0 Å². The van der Waals surface area contributed by atoms with E-state index in [1.54, 1.807) is 12.1 Å². The maximum absolute atomic E-state index is 12.4. The van der Waals surface area contributed by atoms with Gasteiger partial charge in [0.1, 0.15) is 0 Å². The van der Waals surface area contributed by atoms with E-state index in [1.165, 1.54) is 45.6 Å². The summed E-state index contributed by atoms with van der Waals surface area (Å²) in [7, 11) is 0.333. The van der Waals surface area contributed by atoms with Crippen molar-refractivity contribution in [3.8, 4) is 11.5 Å². The van der Waals surface area contributed by atoms with Crippen molar-refractivity contribution in [2.75, 3.05) is 26.6 Å². The van der Waals surface area contributed by atoms with Crippen LogP contribution in [0.3, 0.4) is 0 Å². The Hall–Kier alpha value is -3.11. The average Bonchev–Trinajstić information content (AvgIpc) is 2.70. The summed E-state index contributed by atoms with van der Waals surface area (Å²) < 4.78 is 37.7. The number of primary sulfonamides is 1. The van der Waals surface area contributed by atoms with E-state index >= 15 is 0 Å². The minimum atomic E-state index is -3.76. The van der Waals surface area contributed by atoms with Crippen molar-refractivity contribution < 1.29 is 32.2 Å². The predicted octanol–water partition coefficient (Wildman–Crippen LogP) is 1.71. The van der Waals surface area contributed by atoms with Crippen molar-refractivity contribution in [3.63, 3.8) is 0 Å². The minimum Gasteiger partial charge on any atom is -0.493 e. The van der Waals surface area contributed by atoms with Crippen LogP contribution in [0.25, 0.3) is 0 Å². The summed E-state index contributed by atoms with van der Waals surface area (Å²) in [6.07, 6.45) is 0.460. The molecule has 0 aliphatic heterocycles. The molecule has 3 N–H and O–H groups in total. The van der Waals surface area contributed by atoms with E-state index in [2.05, 4.69) is 5.32 Å². The molecule has 0 saturated carbocycles. The van der Waals surface area contributed by atoms with Crippen LogP contribution >= 0.6 is 0 Å². The summed E-state index contributed by atoms with van der Waals surface area (Å²) >= 11 is 0. The van der Waals surface area contributed by atoms with Gasteiger partial charge < -0.3 is 19.5 Å². The molecule has 0 aliphatic carbocycles. The zero-order valence-corrected chi connectivity index (χ0v) is 17.0. The Bertz CT molecular complexity index is 1000. The Morgan fingerprint density at radius 3 is 2.10 bits per heavy atom. The largest absolute Gasteiger partial charge is 0.493 e. The summed E-state index contributed by atoms with van der Waals surface area (Å²) in [5, 5.41) is 7.73. The van der Waals surface area contributed by atoms with Crippen LogP contribution in [-0.2, 0) is 26.0 Å². The second-order valence-electron chi connectivity index (χ2n) is 5.98. The number of ether oxygens (including phenoxy) is 3. The first-order valence-corrected chi connectivity index (χ1v) is 10.00. The smallest absolute Gasteiger partial charge is 0.340 e. The molecule has 29 heavy (non-hydrogen) atoms. The highest BCUT2D eigenvalue weighted by atomic mass is 32.2. The van der Waals surface area contributed by atoms with Crippen molar-refractivity contribution in [3.05, 3.63) is 47.5 Å². The van der Waals surface area contributed by atoms with Crippen molar-refractivity contribution in [1.29, 1.82) is 0 Å². The number of sulfonamides is 1. The van der Waals surface area contributed by atoms with Crippen LogP contribution in [0.15, 0.2) is 41.3 Å². The Balaban J connectivity index is 2.14. The van der Waals surface area contributed by atoms with Gasteiger partial charge in [-0.25, -0.2) is 18.4 Å².